The molecular formula is C12H21F2NO4. The molecule has 0 spiro atoms. The van der Waals surface area contributed by atoms with Crippen LogP contribution < -0.4 is 5.32 Å². The highest BCUT2D eigenvalue weighted by Gasteiger charge is 2.38. The summed E-state index contributed by atoms with van der Waals surface area (Å²) in [5.74, 6) is -1.67. The zero-order valence-corrected chi connectivity index (χ0v) is 11.4. The van der Waals surface area contributed by atoms with Crippen LogP contribution in [0.15, 0.2) is 0 Å². The molecule has 0 aliphatic rings. The van der Waals surface area contributed by atoms with Crippen molar-refractivity contribution in [1.82, 2.24) is 5.32 Å². The van der Waals surface area contributed by atoms with Crippen LogP contribution in [-0.4, -0.2) is 43.2 Å². The number of hydrogen-bond donors (Lipinski definition) is 2. The molecule has 1 unspecified atom stereocenters. The summed E-state index contributed by atoms with van der Waals surface area (Å²) in [4.78, 5) is 22.7. The predicted octanol–water partition coefficient (Wildman–Crippen LogP) is 1.52. The van der Waals surface area contributed by atoms with Crippen LogP contribution >= 0.6 is 0 Å². The van der Waals surface area contributed by atoms with E-state index < -0.39 is 30.3 Å². The number of hydrogen-bond acceptors (Lipinski definition) is 3. The Balaban J connectivity index is 4.06. The van der Waals surface area contributed by atoms with Crippen LogP contribution in [0.1, 0.15) is 27.2 Å². The van der Waals surface area contributed by atoms with Crippen LogP contribution in [0.5, 0.6) is 0 Å². The van der Waals surface area contributed by atoms with Crippen molar-refractivity contribution < 1.29 is 28.2 Å². The van der Waals surface area contributed by atoms with E-state index in [0.717, 1.165) is 0 Å². The lowest BCUT2D eigenvalue weighted by atomic mass is 9.76. The van der Waals surface area contributed by atoms with E-state index in [2.05, 4.69) is 10.1 Å². The van der Waals surface area contributed by atoms with Gasteiger partial charge in [0.1, 0.15) is 6.61 Å². The highest BCUT2D eigenvalue weighted by Crippen LogP contribution is 2.31. The largest absolute Gasteiger partial charge is 0.481 e. The number of rotatable bonds is 9. The Morgan fingerprint density at radius 3 is 2.37 bits per heavy atom. The van der Waals surface area contributed by atoms with Gasteiger partial charge in [0.05, 0.1) is 12.0 Å². The van der Waals surface area contributed by atoms with Gasteiger partial charge in [-0.3, -0.25) is 9.59 Å². The maximum Gasteiger partial charge on any atom is 0.310 e. The normalized spacial score (nSPS) is 14.5. The van der Waals surface area contributed by atoms with Crippen molar-refractivity contribution in [1.29, 1.82) is 0 Å². The van der Waals surface area contributed by atoms with E-state index in [-0.39, 0.29) is 25.5 Å². The molecule has 0 saturated carbocycles. The quantitative estimate of drug-likeness (QED) is 0.628. The van der Waals surface area contributed by atoms with E-state index in [1.807, 2.05) is 0 Å². The van der Waals surface area contributed by atoms with Crippen LogP contribution in [0.25, 0.3) is 0 Å². The maximum absolute atomic E-state index is 11.7. The van der Waals surface area contributed by atoms with Gasteiger partial charge in [-0.05, 0) is 12.8 Å². The van der Waals surface area contributed by atoms with Crippen LogP contribution in [-0.2, 0) is 14.3 Å². The van der Waals surface area contributed by atoms with Crippen molar-refractivity contribution in [3.8, 4) is 0 Å². The average Bonchev–Trinajstić information content (AvgIpc) is 2.27. The molecule has 5 nitrogen and oxygen atoms in total. The molecule has 0 aliphatic carbocycles. The summed E-state index contributed by atoms with van der Waals surface area (Å²) in [6.07, 6.45) is -2.69. The molecule has 0 heterocycles. The van der Waals surface area contributed by atoms with Gasteiger partial charge in [-0.2, -0.15) is 0 Å². The molecule has 112 valence electrons. The summed E-state index contributed by atoms with van der Waals surface area (Å²) in [6, 6.07) is 0. The molecule has 0 aromatic rings. The molecule has 1 atom stereocenters. The number of alkyl halides is 2. The predicted molar refractivity (Wildman–Crippen MR) is 65.0 cm³/mol. The zero-order chi connectivity index (χ0) is 15.1. The minimum Gasteiger partial charge on any atom is -0.481 e. The Labute approximate surface area is 111 Å². The van der Waals surface area contributed by atoms with Crippen LogP contribution in [0, 0.1) is 11.3 Å². The van der Waals surface area contributed by atoms with Crippen molar-refractivity contribution in [2.75, 3.05) is 19.8 Å². The third-order valence-electron chi connectivity index (χ3n) is 3.10. The first-order valence-corrected chi connectivity index (χ1v) is 6.06. The summed E-state index contributed by atoms with van der Waals surface area (Å²) in [6.45, 7) is 4.35. The summed E-state index contributed by atoms with van der Waals surface area (Å²) < 4.78 is 28.1. The fourth-order valence-electron chi connectivity index (χ4n) is 1.36. The van der Waals surface area contributed by atoms with E-state index in [0.29, 0.717) is 0 Å². The van der Waals surface area contributed by atoms with Gasteiger partial charge in [-0.1, -0.05) is 13.8 Å². The molecule has 0 aromatic heterocycles. The molecule has 1 amide bonds. The highest BCUT2D eigenvalue weighted by atomic mass is 19.3. The van der Waals surface area contributed by atoms with Crippen molar-refractivity contribution in [2.24, 2.45) is 11.3 Å². The number of halogens is 2. The maximum atomic E-state index is 11.7. The third kappa shape index (κ3) is 6.47. The minimum atomic E-state index is -2.54. The van der Waals surface area contributed by atoms with Crippen molar-refractivity contribution in [3.63, 3.8) is 0 Å². The second kappa shape index (κ2) is 8.04. The lowest BCUT2D eigenvalue weighted by molar-refractivity contribution is -0.153. The number of carbonyl (C=O) groups is 2. The first-order chi connectivity index (χ1) is 8.70. The number of aliphatic carboxylic acids is 1. The molecule has 2 N–H and O–H groups in total. The van der Waals surface area contributed by atoms with E-state index >= 15 is 0 Å². The van der Waals surface area contributed by atoms with Gasteiger partial charge in [0.25, 0.3) is 6.43 Å². The number of ether oxygens (including phenoxy) is 1. The zero-order valence-electron chi connectivity index (χ0n) is 11.4. The van der Waals surface area contributed by atoms with Gasteiger partial charge in [0.15, 0.2) is 0 Å². The Hall–Kier alpha value is -1.24. The van der Waals surface area contributed by atoms with Gasteiger partial charge >= 0.3 is 5.97 Å². The summed E-state index contributed by atoms with van der Waals surface area (Å²) in [5.41, 5.74) is -1.14. The molecule has 0 aromatic carbocycles. The van der Waals surface area contributed by atoms with Gasteiger partial charge in [-0.15, -0.1) is 0 Å². The monoisotopic (exact) mass is 281 g/mol. The van der Waals surface area contributed by atoms with Crippen LogP contribution in [0.4, 0.5) is 8.78 Å². The number of carboxylic acid groups (broad SMARTS) is 1. The molecule has 19 heavy (non-hydrogen) atoms. The Morgan fingerprint density at radius 1 is 1.37 bits per heavy atom. The number of amides is 1. The first kappa shape index (κ1) is 17.8. The van der Waals surface area contributed by atoms with Crippen molar-refractivity contribution in [2.45, 2.75) is 33.6 Å². The molecule has 0 rings (SSSR count). The Kier molecular flexibility index (Phi) is 7.51. The molecule has 0 saturated heterocycles. The summed E-state index contributed by atoms with van der Waals surface area (Å²) >= 11 is 0. The van der Waals surface area contributed by atoms with Gasteiger partial charge in [-0.25, -0.2) is 8.78 Å². The molecule has 7 heteroatoms. The standard InChI is InChI=1S/C12H21F2NO4/c1-8(2)12(3,11(17)18)6-10(16)15-4-5-19-7-9(13)14/h8-9H,4-7H2,1-3H3,(H,15,16)(H,17,18). The Bertz CT molecular complexity index is 310. The van der Waals surface area contributed by atoms with Gasteiger partial charge < -0.3 is 15.2 Å². The molecule has 0 aliphatic heterocycles. The fraction of sp³-hybridized carbons (Fsp3) is 0.833. The van der Waals surface area contributed by atoms with Crippen LogP contribution in [0.3, 0.4) is 0 Å². The first-order valence-electron chi connectivity index (χ1n) is 6.06. The topological polar surface area (TPSA) is 75.6 Å². The fourth-order valence-corrected chi connectivity index (χ4v) is 1.36. The van der Waals surface area contributed by atoms with E-state index in [9.17, 15) is 18.4 Å². The number of carbonyl (C=O) groups excluding carboxylic acids is 1. The summed E-state index contributed by atoms with van der Waals surface area (Å²) in [5, 5.41) is 11.6. The van der Waals surface area contributed by atoms with Crippen molar-refractivity contribution in [3.05, 3.63) is 0 Å². The SMILES string of the molecule is CC(C)C(C)(CC(=O)NCCOCC(F)F)C(=O)O. The number of nitrogens with one attached hydrogen (secondary N) is 1. The van der Waals surface area contributed by atoms with Gasteiger partial charge in [0.2, 0.25) is 5.91 Å². The summed E-state index contributed by atoms with van der Waals surface area (Å²) in [7, 11) is 0. The highest BCUT2D eigenvalue weighted by molar-refractivity contribution is 5.84. The average molecular weight is 281 g/mol. The molecule has 0 radical (unpaired) electrons. The Morgan fingerprint density at radius 2 is 1.95 bits per heavy atom. The van der Waals surface area contributed by atoms with Crippen molar-refractivity contribution >= 4 is 11.9 Å². The molecule has 0 bridgehead atoms. The van der Waals surface area contributed by atoms with Gasteiger partial charge in [0, 0.05) is 13.0 Å². The molecule has 0 fully saturated rings. The van der Waals surface area contributed by atoms with E-state index in [1.165, 1.54) is 6.92 Å². The van der Waals surface area contributed by atoms with Crippen LogP contribution in [0.2, 0.25) is 0 Å². The smallest absolute Gasteiger partial charge is 0.310 e. The lowest BCUT2D eigenvalue weighted by Gasteiger charge is -2.28. The van der Waals surface area contributed by atoms with E-state index in [4.69, 9.17) is 5.11 Å². The molecular weight excluding hydrogens is 260 g/mol. The second-order valence-corrected chi connectivity index (χ2v) is 4.87. The lowest BCUT2D eigenvalue weighted by Crippen LogP contribution is -2.39. The third-order valence-corrected chi connectivity index (χ3v) is 3.10. The minimum absolute atomic E-state index is 0.0262. The van der Waals surface area contributed by atoms with E-state index in [1.54, 1.807) is 13.8 Å². The number of carboxylic acids is 1. The second-order valence-electron chi connectivity index (χ2n) is 4.87.